The molecule has 3 N–H and O–H groups in total. The van der Waals surface area contributed by atoms with Crippen LogP contribution in [0.15, 0.2) is 11.6 Å². The number of esters is 1. The van der Waals surface area contributed by atoms with E-state index in [2.05, 4.69) is 33.8 Å². The molecule has 0 spiro atoms. The predicted molar refractivity (Wildman–Crippen MR) is 109 cm³/mol. The van der Waals surface area contributed by atoms with Gasteiger partial charge in [-0.1, -0.05) is 58.1 Å². The van der Waals surface area contributed by atoms with E-state index in [9.17, 15) is 20.1 Å². The predicted octanol–water partition coefficient (Wildman–Crippen LogP) is 3.85. The zero-order valence-electron chi connectivity index (χ0n) is 17.9. The molecule has 0 aliphatic carbocycles. The summed E-state index contributed by atoms with van der Waals surface area (Å²) in [7, 11) is 0. The van der Waals surface area contributed by atoms with Gasteiger partial charge in [-0.25, -0.2) is 0 Å². The smallest absolute Gasteiger partial charge is 0.306 e. The van der Waals surface area contributed by atoms with Crippen molar-refractivity contribution >= 4 is 5.97 Å². The molecule has 0 aromatic rings. The standard InChI is InChI=1S/C22H42O5/c1-18(2)8-5-9-19(3)10-6-11-20(4)12-7-13-21(26)27-17-22(14-23,15-24)16-25/h12,18-19,23-25H,5-11,13-17H2,1-4H3. The highest BCUT2D eigenvalue weighted by atomic mass is 16.5. The third-order valence-corrected chi connectivity index (χ3v) is 5.13. The lowest BCUT2D eigenvalue weighted by atomic mass is 9.93. The van der Waals surface area contributed by atoms with Crippen LogP contribution in [-0.2, 0) is 9.53 Å². The van der Waals surface area contributed by atoms with Crippen LogP contribution in [0.2, 0.25) is 0 Å². The summed E-state index contributed by atoms with van der Waals surface area (Å²) in [5.74, 6) is 1.19. The molecule has 0 radical (unpaired) electrons. The van der Waals surface area contributed by atoms with Crippen molar-refractivity contribution in [3.63, 3.8) is 0 Å². The van der Waals surface area contributed by atoms with E-state index in [0.717, 1.165) is 18.3 Å². The van der Waals surface area contributed by atoms with Gasteiger partial charge in [0, 0.05) is 6.42 Å². The van der Waals surface area contributed by atoms with Crippen molar-refractivity contribution in [2.75, 3.05) is 26.4 Å². The van der Waals surface area contributed by atoms with E-state index in [4.69, 9.17) is 4.74 Å². The van der Waals surface area contributed by atoms with Crippen LogP contribution in [0.4, 0.5) is 0 Å². The highest BCUT2D eigenvalue weighted by Crippen LogP contribution is 2.19. The molecule has 0 saturated heterocycles. The average molecular weight is 387 g/mol. The summed E-state index contributed by atoms with van der Waals surface area (Å²) >= 11 is 0. The largest absolute Gasteiger partial charge is 0.465 e. The topological polar surface area (TPSA) is 87.0 Å². The Labute approximate surface area is 165 Å². The lowest BCUT2D eigenvalue weighted by Crippen LogP contribution is -2.39. The Morgan fingerprint density at radius 1 is 0.963 bits per heavy atom. The van der Waals surface area contributed by atoms with Crippen molar-refractivity contribution in [1.29, 1.82) is 0 Å². The van der Waals surface area contributed by atoms with Crippen LogP contribution in [-0.4, -0.2) is 47.7 Å². The molecule has 1 unspecified atom stereocenters. The van der Waals surface area contributed by atoms with Crippen LogP contribution in [0.3, 0.4) is 0 Å². The minimum atomic E-state index is -1.16. The van der Waals surface area contributed by atoms with Gasteiger partial charge in [-0.3, -0.25) is 4.79 Å². The van der Waals surface area contributed by atoms with E-state index in [1.165, 1.54) is 37.7 Å². The number of carbonyl (C=O) groups is 1. The molecule has 0 aromatic heterocycles. The lowest BCUT2D eigenvalue weighted by Gasteiger charge is -2.26. The Balaban J connectivity index is 3.93. The first-order chi connectivity index (χ1) is 12.8. The maximum atomic E-state index is 11.8. The van der Waals surface area contributed by atoms with Gasteiger partial charge in [0.1, 0.15) is 6.61 Å². The van der Waals surface area contributed by atoms with E-state index < -0.39 is 25.2 Å². The van der Waals surface area contributed by atoms with Gasteiger partial charge in [-0.15, -0.1) is 0 Å². The van der Waals surface area contributed by atoms with E-state index in [1.54, 1.807) is 0 Å². The number of ether oxygens (including phenoxy) is 1. The van der Waals surface area contributed by atoms with Gasteiger partial charge in [0.2, 0.25) is 0 Å². The molecule has 0 aromatic carbocycles. The Hall–Kier alpha value is -0.910. The lowest BCUT2D eigenvalue weighted by molar-refractivity contribution is -0.151. The van der Waals surface area contributed by atoms with Crippen molar-refractivity contribution in [2.45, 2.75) is 79.1 Å². The molecule has 0 amide bonds. The Morgan fingerprint density at radius 3 is 2.11 bits per heavy atom. The summed E-state index contributed by atoms with van der Waals surface area (Å²) in [4.78, 5) is 11.8. The molecule has 0 rings (SSSR count). The molecule has 5 heteroatoms. The van der Waals surface area contributed by atoms with Crippen LogP contribution in [0.5, 0.6) is 0 Å². The third-order valence-electron chi connectivity index (χ3n) is 5.13. The van der Waals surface area contributed by atoms with Crippen molar-refractivity contribution in [3.8, 4) is 0 Å². The summed E-state index contributed by atoms with van der Waals surface area (Å²) in [6.45, 7) is 7.52. The second kappa shape index (κ2) is 15.1. The molecule has 160 valence electrons. The number of aliphatic hydroxyl groups excluding tert-OH is 3. The van der Waals surface area contributed by atoms with Gasteiger partial charge in [-0.2, -0.15) is 0 Å². The molecular formula is C22H42O5. The summed E-state index contributed by atoms with van der Waals surface area (Å²) < 4.78 is 5.08. The second-order valence-electron chi connectivity index (χ2n) is 8.55. The molecule has 0 bridgehead atoms. The minimum Gasteiger partial charge on any atom is -0.465 e. The minimum absolute atomic E-state index is 0.174. The van der Waals surface area contributed by atoms with Crippen molar-refractivity contribution < 1.29 is 24.9 Å². The maximum absolute atomic E-state index is 11.8. The van der Waals surface area contributed by atoms with Crippen LogP contribution in [0.25, 0.3) is 0 Å². The van der Waals surface area contributed by atoms with Gasteiger partial charge in [0.25, 0.3) is 0 Å². The highest BCUT2D eigenvalue weighted by Gasteiger charge is 2.29. The second-order valence-corrected chi connectivity index (χ2v) is 8.55. The van der Waals surface area contributed by atoms with Gasteiger partial charge in [-0.05, 0) is 38.0 Å². The van der Waals surface area contributed by atoms with Gasteiger partial charge >= 0.3 is 5.97 Å². The highest BCUT2D eigenvalue weighted by molar-refractivity contribution is 5.69. The molecule has 27 heavy (non-hydrogen) atoms. The molecule has 5 nitrogen and oxygen atoms in total. The quantitative estimate of drug-likeness (QED) is 0.277. The number of hydrogen-bond donors (Lipinski definition) is 3. The van der Waals surface area contributed by atoms with Crippen LogP contribution < -0.4 is 0 Å². The Morgan fingerprint density at radius 2 is 1.56 bits per heavy atom. The fourth-order valence-corrected chi connectivity index (χ4v) is 2.88. The molecule has 0 aliphatic heterocycles. The molecule has 0 saturated carbocycles. The van der Waals surface area contributed by atoms with Crippen LogP contribution in [0.1, 0.15) is 79.1 Å². The van der Waals surface area contributed by atoms with Crippen molar-refractivity contribution in [1.82, 2.24) is 0 Å². The molecule has 0 heterocycles. The van der Waals surface area contributed by atoms with Gasteiger partial charge < -0.3 is 20.1 Å². The summed E-state index contributed by atoms with van der Waals surface area (Å²) in [5, 5.41) is 27.6. The van der Waals surface area contributed by atoms with E-state index in [0.29, 0.717) is 6.42 Å². The molecule has 0 aliphatic rings. The zero-order chi connectivity index (χ0) is 20.7. The zero-order valence-corrected chi connectivity index (χ0v) is 17.9. The first-order valence-electron chi connectivity index (χ1n) is 10.4. The summed E-state index contributed by atoms with van der Waals surface area (Å²) in [6, 6.07) is 0. The normalized spacial score (nSPS) is 13.9. The fraction of sp³-hybridized carbons (Fsp3) is 0.864. The Kier molecular flexibility index (Phi) is 14.6. The number of aliphatic hydroxyl groups is 3. The average Bonchev–Trinajstić information content (AvgIpc) is 2.63. The van der Waals surface area contributed by atoms with Crippen molar-refractivity contribution in [2.24, 2.45) is 17.3 Å². The number of hydrogen-bond acceptors (Lipinski definition) is 5. The van der Waals surface area contributed by atoms with Gasteiger partial charge in [0.05, 0.1) is 25.2 Å². The third kappa shape index (κ3) is 13.0. The monoisotopic (exact) mass is 386 g/mol. The van der Waals surface area contributed by atoms with E-state index >= 15 is 0 Å². The number of allylic oxidation sites excluding steroid dienone is 2. The first-order valence-corrected chi connectivity index (χ1v) is 10.4. The maximum Gasteiger partial charge on any atom is 0.306 e. The van der Waals surface area contributed by atoms with E-state index in [1.807, 2.05) is 0 Å². The Bertz CT molecular complexity index is 405. The van der Waals surface area contributed by atoms with Gasteiger partial charge in [0.15, 0.2) is 0 Å². The molecular weight excluding hydrogens is 344 g/mol. The summed E-state index contributed by atoms with van der Waals surface area (Å²) in [6.07, 6.45) is 10.4. The van der Waals surface area contributed by atoms with E-state index in [-0.39, 0.29) is 19.0 Å². The van der Waals surface area contributed by atoms with Crippen LogP contribution >= 0.6 is 0 Å². The van der Waals surface area contributed by atoms with Crippen molar-refractivity contribution in [3.05, 3.63) is 11.6 Å². The number of rotatable bonds is 16. The first kappa shape index (κ1) is 26.1. The SMILES string of the molecule is CC(=CCCC(=O)OCC(CO)(CO)CO)CCCC(C)CCCC(C)C. The molecule has 0 fully saturated rings. The fourth-order valence-electron chi connectivity index (χ4n) is 2.88. The summed E-state index contributed by atoms with van der Waals surface area (Å²) in [5.41, 5.74) is 0.139. The number of carbonyl (C=O) groups excluding carboxylic acids is 1. The molecule has 1 atom stereocenters. The van der Waals surface area contributed by atoms with Crippen LogP contribution in [0, 0.1) is 17.3 Å².